The number of ether oxygens (including phenoxy) is 4. The Labute approximate surface area is 183 Å². The molecule has 2 heterocycles. The fraction of sp³-hybridized carbons (Fsp3) is 0.478. The zero-order valence-electron chi connectivity index (χ0n) is 17.7. The van der Waals surface area contributed by atoms with E-state index in [0.29, 0.717) is 19.6 Å². The molecule has 8 heteroatoms. The second kappa shape index (κ2) is 9.36. The maximum Gasteiger partial charge on any atom is 0.296 e. The highest BCUT2D eigenvalue weighted by Crippen LogP contribution is 2.42. The third kappa shape index (κ3) is 5.00. The molecular weight excluding hydrogens is 420 g/mol. The largest absolute Gasteiger partial charge is 0.376 e. The van der Waals surface area contributed by atoms with Crippen molar-refractivity contribution in [2.75, 3.05) is 20.3 Å². The zero-order valence-corrected chi connectivity index (χ0v) is 18.5. The molecule has 31 heavy (non-hydrogen) atoms. The summed E-state index contributed by atoms with van der Waals surface area (Å²) < 4.78 is 54.1. The van der Waals surface area contributed by atoms with E-state index < -0.39 is 22.0 Å². The fourth-order valence-electron chi connectivity index (χ4n) is 4.03. The normalized spacial score (nSPS) is 28.0. The van der Waals surface area contributed by atoms with Gasteiger partial charge >= 0.3 is 0 Å². The van der Waals surface area contributed by atoms with Crippen molar-refractivity contribution in [3.8, 4) is 0 Å². The summed E-state index contributed by atoms with van der Waals surface area (Å²) in [6, 6.07) is 16.5. The number of benzene rings is 2. The molecule has 2 aliphatic rings. The van der Waals surface area contributed by atoms with Crippen molar-refractivity contribution in [3.63, 3.8) is 0 Å². The Hall–Kier alpha value is -1.81. The minimum Gasteiger partial charge on any atom is -0.376 e. The molecule has 2 bridgehead atoms. The minimum atomic E-state index is -3.85. The molecule has 2 aliphatic heterocycles. The highest BCUT2D eigenvalue weighted by Gasteiger charge is 2.55. The number of hydrogen-bond acceptors (Lipinski definition) is 7. The maximum absolute atomic E-state index is 12.5. The van der Waals surface area contributed by atoms with Gasteiger partial charge in [-0.2, -0.15) is 8.42 Å². The summed E-state index contributed by atoms with van der Waals surface area (Å²) >= 11 is 0. The molecule has 0 saturated carbocycles. The second-order valence-corrected chi connectivity index (χ2v) is 9.53. The molecule has 2 saturated heterocycles. The van der Waals surface area contributed by atoms with Crippen molar-refractivity contribution in [3.05, 3.63) is 65.7 Å². The Bertz CT molecular complexity index is 961. The molecule has 168 valence electrons. The van der Waals surface area contributed by atoms with Crippen molar-refractivity contribution in [1.29, 1.82) is 0 Å². The average molecular weight is 449 g/mol. The monoisotopic (exact) mass is 448 g/mol. The van der Waals surface area contributed by atoms with Crippen molar-refractivity contribution >= 4 is 10.1 Å². The lowest BCUT2D eigenvalue weighted by Gasteiger charge is -2.41. The van der Waals surface area contributed by atoms with Crippen LogP contribution in [0.1, 0.15) is 24.0 Å². The Balaban J connectivity index is 1.35. The first-order valence-corrected chi connectivity index (χ1v) is 11.8. The Kier molecular flexibility index (Phi) is 6.76. The molecule has 0 amide bonds. The van der Waals surface area contributed by atoms with Gasteiger partial charge in [0.15, 0.2) is 5.79 Å². The predicted molar refractivity (Wildman–Crippen MR) is 113 cm³/mol. The van der Waals surface area contributed by atoms with Crippen LogP contribution in [0.2, 0.25) is 0 Å². The van der Waals surface area contributed by atoms with Gasteiger partial charge in [0.05, 0.1) is 30.8 Å². The Morgan fingerprint density at radius 1 is 1.10 bits per heavy atom. The summed E-state index contributed by atoms with van der Waals surface area (Å²) in [5.74, 6) is -1.03. The van der Waals surface area contributed by atoms with Crippen LogP contribution < -0.4 is 0 Å². The molecule has 0 radical (unpaired) electrons. The van der Waals surface area contributed by atoms with E-state index in [0.717, 1.165) is 11.1 Å². The van der Waals surface area contributed by atoms with Gasteiger partial charge in [-0.15, -0.1) is 0 Å². The molecular formula is C23H28O7S. The van der Waals surface area contributed by atoms with E-state index in [2.05, 4.69) is 0 Å². The van der Waals surface area contributed by atoms with Gasteiger partial charge in [-0.05, 0) is 24.6 Å². The molecule has 2 aromatic carbocycles. The molecule has 4 rings (SSSR count). The summed E-state index contributed by atoms with van der Waals surface area (Å²) in [5.41, 5.74) is 2.06. The van der Waals surface area contributed by atoms with Crippen molar-refractivity contribution in [1.82, 2.24) is 0 Å². The lowest BCUT2D eigenvalue weighted by Crippen LogP contribution is -2.53. The second-order valence-electron chi connectivity index (χ2n) is 7.91. The van der Waals surface area contributed by atoms with Gasteiger partial charge in [0, 0.05) is 20.0 Å². The van der Waals surface area contributed by atoms with Crippen LogP contribution >= 0.6 is 0 Å². The van der Waals surface area contributed by atoms with E-state index >= 15 is 0 Å². The lowest BCUT2D eigenvalue weighted by molar-refractivity contribution is -0.278. The lowest BCUT2D eigenvalue weighted by atomic mass is 9.95. The van der Waals surface area contributed by atoms with Crippen molar-refractivity contribution in [2.24, 2.45) is 0 Å². The molecule has 2 fully saturated rings. The standard InChI is InChI=1S/C23H28O7S/c1-17-8-10-19(11-9-17)31(24,25)29-13-12-23-22(26-2)14-20(21(30-23)16-28-23)27-15-18-6-4-3-5-7-18/h3-11,20-22H,12-16H2,1-2H3/t20-,21-,22+,23?/m0/s1. The van der Waals surface area contributed by atoms with E-state index in [1.807, 2.05) is 37.3 Å². The smallest absolute Gasteiger partial charge is 0.296 e. The van der Waals surface area contributed by atoms with E-state index in [9.17, 15) is 8.42 Å². The van der Waals surface area contributed by atoms with Crippen LogP contribution in [0.25, 0.3) is 0 Å². The quantitative estimate of drug-likeness (QED) is 0.545. The summed E-state index contributed by atoms with van der Waals surface area (Å²) in [7, 11) is -2.26. The molecule has 0 N–H and O–H groups in total. The molecule has 4 atom stereocenters. The first-order valence-electron chi connectivity index (χ1n) is 10.4. The van der Waals surface area contributed by atoms with Gasteiger partial charge in [-0.3, -0.25) is 4.18 Å². The molecule has 7 nitrogen and oxygen atoms in total. The van der Waals surface area contributed by atoms with Crippen molar-refractivity contribution in [2.45, 2.75) is 55.4 Å². The number of fused-ring (bicyclic) bond motifs is 2. The summed E-state index contributed by atoms with van der Waals surface area (Å²) in [6.07, 6.45) is 0.0385. The third-order valence-electron chi connectivity index (χ3n) is 5.78. The molecule has 0 spiro atoms. The van der Waals surface area contributed by atoms with E-state index in [1.165, 1.54) is 12.1 Å². The van der Waals surface area contributed by atoms with Gasteiger partial charge in [0.2, 0.25) is 0 Å². The number of aryl methyl sites for hydroxylation is 1. The van der Waals surface area contributed by atoms with Gasteiger partial charge in [-0.25, -0.2) is 0 Å². The van der Waals surface area contributed by atoms with Crippen LogP contribution in [-0.2, 0) is 39.9 Å². The van der Waals surface area contributed by atoms with Crippen molar-refractivity contribution < 1.29 is 31.5 Å². The van der Waals surface area contributed by atoms with E-state index in [1.54, 1.807) is 19.2 Å². The maximum atomic E-state index is 12.5. The minimum absolute atomic E-state index is 0.0711. The Morgan fingerprint density at radius 2 is 1.84 bits per heavy atom. The first kappa shape index (κ1) is 22.4. The summed E-state index contributed by atoms with van der Waals surface area (Å²) in [4.78, 5) is 0.128. The Morgan fingerprint density at radius 3 is 2.55 bits per heavy atom. The van der Waals surface area contributed by atoms with E-state index in [4.69, 9.17) is 23.1 Å². The number of methoxy groups -OCH3 is 1. The summed E-state index contributed by atoms with van der Waals surface area (Å²) in [5, 5.41) is 0. The number of rotatable bonds is 9. The van der Waals surface area contributed by atoms with Crippen LogP contribution in [-0.4, -0.2) is 52.8 Å². The third-order valence-corrected chi connectivity index (χ3v) is 7.11. The molecule has 0 aliphatic carbocycles. The van der Waals surface area contributed by atoms with Crippen LogP contribution in [0.3, 0.4) is 0 Å². The number of hydrogen-bond donors (Lipinski definition) is 0. The van der Waals surface area contributed by atoms with Crippen LogP contribution in [0.15, 0.2) is 59.5 Å². The van der Waals surface area contributed by atoms with E-state index in [-0.39, 0.29) is 30.1 Å². The predicted octanol–water partition coefficient (Wildman–Crippen LogP) is 3.21. The van der Waals surface area contributed by atoms with Crippen LogP contribution in [0.4, 0.5) is 0 Å². The van der Waals surface area contributed by atoms with Gasteiger partial charge in [-0.1, -0.05) is 48.0 Å². The van der Waals surface area contributed by atoms with Gasteiger partial charge in [0.1, 0.15) is 12.2 Å². The molecule has 1 unspecified atom stereocenters. The average Bonchev–Trinajstić information content (AvgIpc) is 3.14. The first-order chi connectivity index (χ1) is 14.9. The van der Waals surface area contributed by atoms with Gasteiger partial charge in [0.25, 0.3) is 10.1 Å². The van der Waals surface area contributed by atoms with Crippen LogP contribution in [0, 0.1) is 6.92 Å². The van der Waals surface area contributed by atoms with Crippen LogP contribution in [0.5, 0.6) is 0 Å². The topological polar surface area (TPSA) is 80.3 Å². The zero-order chi connectivity index (χ0) is 21.9. The molecule has 2 aromatic rings. The SMILES string of the molecule is CO[C@@H]1C[C@H](OCc2ccccc2)[C@@H]2COC1(CCOS(=O)(=O)c1ccc(C)cc1)O2. The highest BCUT2D eigenvalue weighted by atomic mass is 32.2. The summed E-state index contributed by atoms with van der Waals surface area (Å²) in [6.45, 7) is 2.67. The highest BCUT2D eigenvalue weighted by molar-refractivity contribution is 7.86. The molecule has 0 aromatic heterocycles. The fourth-order valence-corrected chi connectivity index (χ4v) is 4.94. The van der Waals surface area contributed by atoms with Gasteiger partial charge < -0.3 is 18.9 Å².